The highest BCUT2D eigenvalue weighted by Crippen LogP contribution is 2.44. The normalized spacial score (nSPS) is 25.4. The molecule has 0 aromatic rings. The zero-order chi connectivity index (χ0) is 14.1. The summed E-state index contributed by atoms with van der Waals surface area (Å²) >= 11 is 0. The van der Waals surface area contributed by atoms with Crippen molar-refractivity contribution in [3.05, 3.63) is 0 Å². The van der Waals surface area contributed by atoms with Crippen LogP contribution in [0.5, 0.6) is 0 Å². The first kappa shape index (κ1) is 14.4. The molecule has 2 N–H and O–H groups in total. The first-order valence-electron chi connectivity index (χ1n) is 7.36. The van der Waals surface area contributed by atoms with Crippen molar-refractivity contribution in [1.29, 1.82) is 0 Å². The second-order valence-corrected chi connectivity index (χ2v) is 7.12. The summed E-state index contributed by atoms with van der Waals surface area (Å²) < 4.78 is 0. The third-order valence-electron chi connectivity index (χ3n) is 4.97. The van der Waals surface area contributed by atoms with Crippen LogP contribution in [0, 0.1) is 10.8 Å². The number of rotatable bonds is 4. The maximum absolute atomic E-state index is 12.0. The molecule has 0 atom stereocenters. The van der Waals surface area contributed by atoms with Crippen molar-refractivity contribution >= 4 is 11.9 Å². The zero-order valence-corrected chi connectivity index (χ0v) is 12.0. The monoisotopic (exact) mass is 267 g/mol. The van der Waals surface area contributed by atoms with Crippen molar-refractivity contribution < 1.29 is 14.7 Å². The number of carbonyl (C=O) groups excluding carboxylic acids is 1. The van der Waals surface area contributed by atoms with E-state index in [4.69, 9.17) is 0 Å². The van der Waals surface area contributed by atoms with Crippen LogP contribution in [-0.2, 0) is 9.59 Å². The van der Waals surface area contributed by atoms with Gasteiger partial charge < -0.3 is 10.4 Å². The summed E-state index contributed by atoms with van der Waals surface area (Å²) in [6.07, 6.45) is 6.65. The first-order chi connectivity index (χ1) is 8.83. The molecular formula is C15H25NO3. The van der Waals surface area contributed by atoms with Gasteiger partial charge in [0.05, 0.1) is 5.41 Å². The molecule has 2 aliphatic carbocycles. The number of carbonyl (C=O) groups is 2. The smallest absolute Gasteiger partial charge is 0.310 e. The molecule has 2 rings (SSSR count). The molecule has 0 unspecified atom stereocenters. The summed E-state index contributed by atoms with van der Waals surface area (Å²) in [4.78, 5) is 23.2. The van der Waals surface area contributed by atoms with Gasteiger partial charge in [0.25, 0.3) is 0 Å². The molecule has 1 amide bonds. The number of aliphatic carboxylic acids is 1. The van der Waals surface area contributed by atoms with Crippen LogP contribution in [0.1, 0.15) is 65.2 Å². The third-order valence-corrected chi connectivity index (χ3v) is 4.97. The molecule has 0 heterocycles. The lowest BCUT2D eigenvalue weighted by Crippen LogP contribution is -2.45. The number of amides is 1. The molecule has 0 spiro atoms. The lowest BCUT2D eigenvalue weighted by atomic mass is 9.66. The van der Waals surface area contributed by atoms with Crippen molar-refractivity contribution in [3.8, 4) is 0 Å². The Kier molecular flexibility index (Phi) is 3.88. The van der Waals surface area contributed by atoms with Crippen molar-refractivity contribution in [2.24, 2.45) is 10.8 Å². The Hall–Kier alpha value is -1.06. The van der Waals surface area contributed by atoms with Crippen LogP contribution < -0.4 is 5.32 Å². The van der Waals surface area contributed by atoms with Crippen LogP contribution in [0.3, 0.4) is 0 Å². The molecule has 2 aliphatic rings. The summed E-state index contributed by atoms with van der Waals surface area (Å²) in [5.41, 5.74) is -0.379. The summed E-state index contributed by atoms with van der Waals surface area (Å²) in [5, 5.41) is 12.3. The summed E-state index contributed by atoms with van der Waals surface area (Å²) in [6, 6.07) is 0.242. The molecule has 0 bridgehead atoms. The number of carboxylic acid groups (broad SMARTS) is 1. The van der Waals surface area contributed by atoms with Crippen LogP contribution in [0.15, 0.2) is 0 Å². The Bertz CT molecular complexity index is 362. The average molecular weight is 267 g/mol. The van der Waals surface area contributed by atoms with Gasteiger partial charge in [-0.2, -0.15) is 0 Å². The van der Waals surface area contributed by atoms with E-state index in [0.29, 0.717) is 18.3 Å². The van der Waals surface area contributed by atoms with Crippen molar-refractivity contribution in [1.82, 2.24) is 5.32 Å². The van der Waals surface area contributed by atoms with E-state index in [2.05, 4.69) is 19.2 Å². The molecule has 0 saturated heterocycles. The molecule has 19 heavy (non-hydrogen) atoms. The second kappa shape index (κ2) is 5.14. The van der Waals surface area contributed by atoms with Crippen LogP contribution in [0.2, 0.25) is 0 Å². The zero-order valence-electron chi connectivity index (χ0n) is 12.0. The molecule has 0 aromatic carbocycles. The second-order valence-electron chi connectivity index (χ2n) is 7.12. The maximum Gasteiger partial charge on any atom is 0.310 e. The van der Waals surface area contributed by atoms with E-state index in [1.54, 1.807) is 0 Å². The Morgan fingerprint density at radius 1 is 1.16 bits per heavy atom. The van der Waals surface area contributed by atoms with E-state index in [-0.39, 0.29) is 18.4 Å². The molecule has 0 aromatic heterocycles. The Labute approximate surface area is 115 Å². The minimum absolute atomic E-state index is 0.0770. The highest BCUT2D eigenvalue weighted by molar-refractivity contribution is 5.85. The number of hydrogen-bond donors (Lipinski definition) is 2. The highest BCUT2D eigenvalue weighted by Gasteiger charge is 2.46. The maximum atomic E-state index is 12.0. The Morgan fingerprint density at radius 2 is 1.74 bits per heavy atom. The van der Waals surface area contributed by atoms with Gasteiger partial charge in [0.1, 0.15) is 0 Å². The predicted octanol–water partition coefficient (Wildman–Crippen LogP) is 2.72. The molecule has 4 nitrogen and oxygen atoms in total. The van der Waals surface area contributed by atoms with E-state index < -0.39 is 11.4 Å². The SMILES string of the molecule is CC1(C)CCC(NC(=O)CC2(C(=O)O)CCC2)CC1. The molecule has 0 radical (unpaired) electrons. The Balaban J connectivity index is 1.80. The van der Waals surface area contributed by atoms with Gasteiger partial charge >= 0.3 is 5.97 Å². The third kappa shape index (κ3) is 3.28. The van der Waals surface area contributed by atoms with Gasteiger partial charge in [0.15, 0.2) is 0 Å². The highest BCUT2D eigenvalue weighted by atomic mass is 16.4. The minimum Gasteiger partial charge on any atom is -0.481 e. The minimum atomic E-state index is -0.807. The van der Waals surface area contributed by atoms with Gasteiger partial charge in [0, 0.05) is 12.5 Å². The van der Waals surface area contributed by atoms with E-state index in [1.807, 2.05) is 0 Å². The summed E-state index contributed by atoms with van der Waals surface area (Å²) in [7, 11) is 0. The number of carboxylic acids is 1. The van der Waals surface area contributed by atoms with E-state index in [1.165, 1.54) is 0 Å². The molecule has 2 fully saturated rings. The molecule has 0 aliphatic heterocycles. The van der Waals surface area contributed by atoms with E-state index in [9.17, 15) is 14.7 Å². The number of nitrogens with one attached hydrogen (secondary N) is 1. The van der Waals surface area contributed by atoms with Gasteiger partial charge in [-0.05, 0) is 43.9 Å². The van der Waals surface area contributed by atoms with Crippen LogP contribution >= 0.6 is 0 Å². The Morgan fingerprint density at radius 3 is 2.16 bits per heavy atom. The van der Waals surface area contributed by atoms with E-state index in [0.717, 1.165) is 32.1 Å². The fourth-order valence-electron chi connectivity index (χ4n) is 3.20. The van der Waals surface area contributed by atoms with Crippen LogP contribution in [-0.4, -0.2) is 23.0 Å². The topological polar surface area (TPSA) is 66.4 Å². The van der Waals surface area contributed by atoms with Crippen molar-refractivity contribution in [2.45, 2.75) is 71.3 Å². The average Bonchev–Trinajstić information content (AvgIpc) is 2.26. The lowest BCUT2D eigenvalue weighted by molar-refractivity contribution is -0.157. The summed E-state index contributed by atoms with van der Waals surface area (Å²) in [5.74, 6) is -0.884. The molecule has 108 valence electrons. The van der Waals surface area contributed by atoms with Gasteiger partial charge in [-0.3, -0.25) is 9.59 Å². The van der Waals surface area contributed by atoms with Crippen LogP contribution in [0.4, 0.5) is 0 Å². The fraction of sp³-hybridized carbons (Fsp3) is 0.867. The largest absolute Gasteiger partial charge is 0.481 e. The van der Waals surface area contributed by atoms with Gasteiger partial charge in [-0.25, -0.2) is 0 Å². The molecular weight excluding hydrogens is 242 g/mol. The van der Waals surface area contributed by atoms with Crippen molar-refractivity contribution in [3.63, 3.8) is 0 Å². The lowest BCUT2D eigenvalue weighted by Gasteiger charge is -2.38. The van der Waals surface area contributed by atoms with Crippen molar-refractivity contribution in [2.75, 3.05) is 0 Å². The van der Waals surface area contributed by atoms with Gasteiger partial charge in [-0.15, -0.1) is 0 Å². The predicted molar refractivity (Wildman–Crippen MR) is 72.7 cm³/mol. The fourth-order valence-corrected chi connectivity index (χ4v) is 3.20. The first-order valence-corrected chi connectivity index (χ1v) is 7.36. The molecule has 2 saturated carbocycles. The number of hydrogen-bond acceptors (Lipinski definition) is 2. The summed E-state index contributed by atoms with van der Waals surface area (Å²) in [6.45, 7) is 4.53. The molecule has 4 heteroatoms. The van der Waals surface area contributed by atoms with Crippen LogP contribution in [0.25, 0.3) is 0 Å². The quantitative estimate of drug-likeness (QED) is 0.823. The van der Waals surface area contributed by atoms with Gasteiger partial charge in [-0.1, -0.05) is 20.3 Å². The van der Waals surface area contributed by atoms with Gasteiger partial charge in [0.2, 0.25) is 5.91 Å². The standard InChI is InChI=1S/C15H25NO3/c1-14(2)8-4-11(5-9-14)16-12(17)10-15(13(18)19)6-3-7-15/h11H,3-10H2,1-2H3,(H,16,17)(H,18,19). The van der Waals surface area contributed by atoms with E-state index >= 15 is 0 Å².